The van der Waals surface area contributed by atoms with Crippen molar-refractivity contribution in [2.24, 2.45) is 5.92 Å². The summed E-state index contributed by atoms with van der Waals surface area (Å²) in [7, 11) is 0. The largest absolute Gasteiger partial charge is 0.352 e. The molecule has 0 radical (unpaired) electrons. The molecule has 2 nitrogen and oxygen atoms in total. The number of nitrogens with one attached hydrogen (secondary N) is 1. The number of hydrogen-bond donors (Lipinski definition) is 1. The molecule has 1 rings (SSSR count). The fourth-order valence-corrected chi connectivity index (χ4v) is 1.95. The molecular formula is C15H22ClNO. The Labute approximate surface area is 115 Å². The molecule has 0 aliphatic rings. The number of halogens is 1. The van der Waals surface area contributed by atoms with Crippen molar-refractivity contribution in [2.75, 3.05) is 0 Å². The Kier molecular flexibility index (Phi) is 6.20. The van der Waals surface area contributed by atoms with Crippen LogP contribution in [0.1, 0.15) is 44.6 Å². The van der Waals surface area contributed by atoms with E-state index < -0.39 is 5.38 Å². The first-order valence-electron chi connectivity index (χ1n) is 6.50. The normalized spacial score (nSPS) is 14.3. The van der Waals surface area contributed by atoms with Crippen molar-refractivity contribution < 1.29 is 4.79 Å². The lowest BCUT2D eigenvalue weighted by molar-refractivity contribution is -0.121. The SMILES string of the molecule is CC(C)CCC(C)NC(=O)C(Cl)c1ccccc1. The molecule has 2 unspecified atom stereocenters. The van der Waals surface area contributed by atoms with Crippen LogP contribution in [0, 0.1) is 5.92 Å². The smallest absolute Gasteiger partial charge is 0.242 e. The molecule has 18 heavy (non-hydrogen) atoms. The highest BCUT2D eigenvalue weighted by Gasteiger charge is 2.18. The van der Waals surface area contributed by atoms with Crippen LogP contribution in [0.5, 0.6) is 0 Å². The molecule has 0 saturated heterocycles. The average Bonchev–Trinajstić information content (AvgIpc) is 2.36. The van der Waals surface area contributed by atoms with Crippen LogP contribution in [0.15, 0.2) is 30.3 Å². The van der Waals surface area contributed by atoms with Crippen LogP contribution in [0.4, 0.5) is 0 Å². The Morgan fingerprint density at radius 2 is 1.78 bits per heavy atom. The van der Waals surface area contributed by atoms with E-state index in [0.717, 1.165) is 18.4 Å². The molecule has 0 aromatic heterocycles. The number of rotatable bonds is 6. The highest BCUT2D eigenvalue weighted by Crippen LogP contribution is 2.20. The Morgan fingerprint density at radius 1 is 1.17 bits per heavy atom. The summed E-state index contributed by atoms with van der Waals surface area (Å²) in [4.78, 5) is 12.0. The second-order valence-electron chi connectivity index (χ2n) is 5.15. The Bertz CT molecular complexity index is 364. The first-order valence-corrected chi connectivity index (χ1v) is 6.93. The monoisotopic (exact) mass is 267 g/mol. The van der Waals surface area contributed by atoms with Gasteiger partial charge >= 0.3 is 0 Å². The maximum atomic E-state index is 12.0. The zero-order valence-electron chi connectivity index (χ0n) is 11.3. The van der Waals surface area contributed by atoms with E-state index in [1.807, 2.05) is 37.3 Å². The van der Waals surface area contributed by atoms with Gasteiger partial charge in [0.25, 0.3) is 0 Å². The molecule has 1 aromatic rings. The van der Waals surface area contributed by atoms with Gasteiger partial charge in [-0.15, -0.1) is 11.6 Å². The highest BCUT2D eigenvalue weighted by atomic mass is 35.5. The summed E-state index contributed by atoms with van der Waals surface area (Å²) in [5, 5.41) is 2.36. The van der Waals surface area contributed by atoms with Gasteiger partial charge in [0.15, 0.2) is 0 Å². The summed E-state index contributed by atoms with van der Waals surface area (Å²) in [6.07, 6.45) is 2.10. The van der Waals surface area contributed by atoms with E-state index in [4.69, 9.17) is 11.6 Å². The van der Waals surface area contributed by atoms with Crippen LogP contribution in [-0.4, -0.2) is 11.9 Å². The predicted molar refractivity (Wildman–Crippen MR) is 76.7 cm³/mol. The quantitative estimate of drug-likeness (QED) is 0.778. The minimum absolute atomic E-state index is 0.112. The van der Waals surface area contributed by atoms with Gasteiger partial charge in [0.1, 0.15) is 5.38 Å². The third kappa shape index (κ3) is 5.09. The van der Waals surface area contributed by atoms with Gasteiger partial charge in [-0.25, -0.2) is 0 Å². The summed E-state index contributed by atoms with van der Waals surface area (Å²) < 4.78 is 0. The van der Waals surface area contributed by atoms with E-state index in [2.05, 4.69) is 19.2 Å². The topological polar surface area (TPSA) is 29.1 Å². The minimum atomic E-state index is -0.604. The van der Waals surface area contributed by atoms with Crippen molar-refractivity contribution in [3.05, 3.63) is 35.9 Å². The van der Waals surface area contributed by atoms with Crippen LogP contribution in [0.3, 0.4) is 0 Å². The molecular weight excluding hydrogens is 246 g/mol. The fraction of sp³-hybridized carbons (Fsp3) is 0.533. The molecule has 1 N–H and O–H groups in total. The summed E-state index contributed by atoms with van der Waals surface area (Å²) in [5.74, 6) is 0.546. The molecule has 100 valence electrons. The van der Waals surface area contributed by atoms with Gasteiger partial charge in [0.2, 0.25) is 5.91 Å². The third-order valence-corrected chi connectivity index (χ3v) is 3.34. The van der Waals surface area contributed by atoms with Gasteiger partial charge in [-0.1, -0.05) is 44.2 Å². The Hall–Kier alpha value is -1.02. The summed E-state index contributed by atoms with van der Waals surface area (Å²) in [5.41, 5.74) is 0.840. The minimum Gasteiger partial charge on any atom is -0.352 e. The fourth-order valence-electron chi connectivity index (χ4n) is 1.74. The first kappa shape index (κ1) is 15.0. The molecule has 3 heteroatoms. The van der Waals surface area contributed by atoms with Gasteiger partial charge in [-0.3, -0.25) is 4.79 Å². The van der Waals surface area contributed by atoms with Crippen molar-refractivity contribution in [1.29, 1.82) is 0 Å². The number of hydrogen-bond acceptors (Lipinski definition) is 1. The van der Waals surface area contributed by atoms with E-state index in [1.165, 1.54) is 0 Å². The van der Waals surface area contributed by atoms with Crippen LogP contribution in [-0.2, 0) is 4.79 Å². The number of alkyl halides is 1. The van der Waals surface area contributed by atoms with E-state index >= 15 is 0 Å². The predicted octanol–water partition coefficient (Wildman–Crippen LogP) is 3.91. The van der Waals surface area contributed by atoms with Crippen molar-refractivity contribution >= 4 is 17.5 Å². The summed E-state index contributed by atoms with van der Waals surface area (Å²) >= 11 is 6.15. The van der Waals surface area contributed by atoms with E-state index in [9.17, 15) is 4.79 Å². The number of amides is 1. The lowest BCUT2D eigenvalue weighted by Gasteiger charge is -2.17. The van der Waals surface area contributed by atoms with Gasteiger partial charge in [0, 0.05) is 6.04 Å². The molecule has 0 aliphatic heterocycles. The second-order valence-corrected chi connectivity index (χ2v) is 5.59. The molecule has 0 spiro atoms. The lowest BCUT2D eigenvalue weighted by Crippen LogP contribution is -2.35. The molecule has 0 saturated carbocycles. The van der Waals surface area contributed by atoms with Crippen molar-refractivity contribution in [1.82, 2.24) is 5.32 Å². The average molecular weight is 268 g/mol. The molecule has 2 atom stereocenters. The van der Waals surface area contributed by atoms with Gasteiger partial charge in [0.05, 0.1) is 0 Å². The van der Waals surface area contributed by atoms with Crippen LogP contribution in [0.2, 0.25) is 0 Å². The van der Waals surface area contributed by atoms with Crippen molar-refractivity contribution in [3.63, 3.8) is 0 Å². The Balaban J connectivity index is 2.45. The molecule has 0 aliphatic carbocycles. The van der Waals surface area contributed by atoms with Crippen molar-refractivity contribution in [3.8, 4) is 0 Å². The maximum Gasteiger partial charge on any atom is 0.242 e. The Morgan fingerprint density at radius 3 is 2.33 bits per heavy atom. The van der Waals surface area contributed by atoms with E-state index in [-0.39, 0.29) is 11.9 Å². The lowest BCUT2D eigenvalue weighted by atomic mass is 10.0. The number of benzene rings is 1. The number of carbonyl (C=O) groups excluding carboxylic acids is 1. The summed E-state index contributed by atoms with van der Waals surface area (Å²) in [6.45, 7) is 6.39. The van der Waals surface area contributed by atoms with Gasteiger partial charge in [-0.2, -0.15) is 0 Å². The molecule has 1 aromatic carbocycles. The van der Waals surface area contributed by atoms with Crippen LogP contribution in [0.25, 0.3) is 0 Å². The van der Waals surface area contributed by atoms with Gasteiger partial charge < -0.3 is 5.32 Å². The zero-order chi connectivity index (χ0) is 13.5. The molecule has 0 fully saturated rings. The number of carbonyl (C=O) groups is 1. The summed E-state index contributed by atoms with van der Waals surface area (Å²) in [6, 6.07) is 9.60. The molecule has 1 amide bonds. The van der Waals surface area contributed by atoms with Crippen molar-refractivity contribution in [2.45, 2.75) is 45.0 Å². The van der Waals surface area contributed by atoms with E-state index in [0.29, 0.717) is 5.92 Å². The standard InChI is InChI=1S/C15H22ClNO/c1-11(2)9-10-12(3)17-15(18)14(16)13-7-5-4-6-8-13/h4-8,11-12,14H,9-10H2,1-3H3,(H,17,18). The van der Waals surface area contributed by atoms with E-state index in [1.54, 1.807) is 0 Å². The van der Waals surface area contributed by atoms with Crippen LogP contribution < -0.4 is 5.32 Å². The van der Waals surface area contributed by atoms with Crippen LogP contribution >= 0.6 is 11.6 Å². The maximum absolute atomic E-state index is 12.0. The second kappa shape index (κ2) is 7.42. The van der Waals surface area contributed by atoms with Gasteiger partial charge in [-0.05, 0) is 31.2 Å². The molecule has 0 heterocycles. The molecule has 0 bridgehead atoms. The zero-order valence-corrected chi connectivity index (χ0v) is 12.1. The first-order chi connectivity index (χ1) is 8.50. The highest BCUT2D eigenvalue weighted by molar-refractivity contribution is 6.30. The third-order valence-electron chi connectivity index (χ3n) is 2.89.